The largest absolute Gasteiger partial charge is 0.508 e. The smallest absolute Gasteiger partial charge is 0.255 e. The van der Waals surface area contributed by atoms with E-state index < -0.39 is 63.6 Å². The number of fused-ring (bicyclic) bond motifs is 3. The number of aliphatic hydroxyl groups excluding tert-OH is 2. The number of phenols is 1. The molecule has 1 aromatic carbocycles. The van der Waals surface area contributed by atoms with Gasteiger partial charge in [-0.1, -0.05) is 18.5 Å². The molecule has 0 saturated heterocycles. The van der Waals surface area contributed by atoms with E-state index in [0.29, 0.717) is 17.5 Å². The molecule has 222 valence electrons. The topological polar surface area (TPSA) is 182 Å². The summed E-state index contributed by atoms with van der Waals surface area (Å²) in [6.07, 6.45) is 0.383. The van der Waals surface area contributed by atoms with Crippen molar-refractivity contribution in [2.75, 3.05) is 21.1 Å². The summed E-state index contributed by atoms with van der Waals surface area (Å²) in [7, 11) is 4.84. The molecule has 4 atom stereocenters. The summed E-state index contributed by atoms with van der Waals surface area (Å²) in [6.45, 7) is 5.56. The van der Waals surface area contributed by atoms with Crippen LogP contribution in [0.3, 0.4) is 0 Å². The van der Waals surface area contributed by atoms with Gasteiger partial charge in [-0.2, -0.15) is 0 Å². The third-order valence-electron chi connectivity index (χ3n) is 9.09. The quantitative estimate of drug-likeness (QED) is 0.294. The molecule has 11 nitrogen and oxygen atoms in total. The molecule has 1 saturated carbocycles. The van der Waals surface area contributed by atoms with Crippen molar-refractivity contribution in [2.45, 2.75) is 63.8 Å². The van der Waals surface area contributed by atoms with Crippen molar-refractivity contribution in [2.24, 2.45) is 17.6 Å². The number of amides is 1. The second-order valence-electron chi connectivity index (χ2n) is 11.9. The highest BCUT2D eigenvalue weighted by molar-refractivity contribution is 6.32. The molecular formula is C29H36ClN3O8. The fraction of sp³-hybridized carbons (Fsp3) is 0.517. The van der Waals surface area contributed by atoms with Gasteiger partial charge in [0, 0.05) is 29.5 Å². The number of rotatable bonds is 7. The van der Waals surface area contributed by atoms with E-state index in [1.807, 2.05) is 0 Å². The lowest BCUT2D eigenvalue weighted by Gasteiger charge is -2.50. The summed E-state index contributed by atoms with van der Waals surface area (Å²) in [6, 6.07) is 0.186. The first kappa shape index (κ1) is 30.7. The first-order valence-corrected chi connectivity index (χ1v) is 13.7. The van der Waals surface area contributed by atoms with Gasteiger partial charge in [-0.3, -0.25) is 29.0 Å². The van der Waals surface area contributed by atoms with Gasteiger partial charge in [0.2, 0.25) is 5.78 Å². The van der Waals surface area contributed by atoms with E-state index >= 15 is 0 Å². The van der Waals surface area contributed by atoms with Crippen LogP contribution in [0, 0.1) is 11.8 Å². The highest BCUT2D eigenvalue weighted by atomic mass is 35.5. The number of carbonyl (C=O) groups excluding carboxylic acids is 4. The number of Topliss-reactive ketones (excluding diaryl/α,β-unsaturated/α-hetero) is 3. The van der Waals surface area contributed by atoms with Crippen molar-refractivity contribution < 1.29 is 39.6 Å². The summed E-state index contributed by atoms with van der Waals surface area (Å²) >= 11 is 6.83. The molecule has 0 aromatic heterocycles. The molecule has 0 bridgehead atoms. The third kappa shape index (κ3) is 4.37. The minimum atomic E-state index is -2.70. The fourth-order valence-electron chi connectivity index (χ4n) is 6.56. The van der Waals surface area contributed by atoms with Gasteiger partial charge in [-0.05, 0) is 70.9 Å². The molecule has 1 aromatic rings. The van der Waals surface area contributed by atoms with Crippen LogP contribution in [-0.4, -0.2) is 91.8 Å². The Bertz CT molecular complexity index is 1450. The molecule has 0 unspecified atom stereocenters. The van der Waals surface area contributed by atoms with Crippen molar-refractivity contribution >= 4 is 40.6 Å². The van der Waals surface area contributed by atoms with Crippen LogP contribution in [0.5, 0.6) is 5.75 Å². The molecule has 0 heterocycles. The van der Waals surface area contributed by atoms with Crippen molar-refractivity contribution in [1.29, 1.82) is 0 Å². The molecule has 1 fully saturated rings. The maximum absolute atomic E-state index is 13.9. The Kier molecular flexibility index (Phi) is 7.66. The predicted molar refractivity (Wildman–Crippen MR) is 150 cm³/mol. The second kappa shape index (κ2) is 10.2. The number of hydrogen-bond acceptors (Lipinski definition) is 10. The Morgan fingerprint density at radius 3 is 2.32 bits per heavy atom. The van der Waals surface area contributed by atoms with Crippen LogP contribution < -0.4 is 5.73 Å². The Morgan fingerprint density at radius 1 is 1.17 bits per heavy atom. The zero-order chi connectivity index (χ0) is 30.9. The van der Waals surface area contributed by atoms with Crippen LogP contribution in [0.4, 0.5) is 0 Å². The van der Waals surface area contributed by atoms with Crippen molar-refractivity contribution in [3.63, 3.8) is 0 Å². The molecule has 3 aliphatic rings. The van der Waals surface area contributed by atoms with Gasteiger partial charge in [0.1, 0.15) is 22.8 Å². The highest BCUT2D eigenvalue weighted by Gasteiger charge is 2.64. The number of nitrogens with two attached hydrogens (primary N) is 1. The molecule has 1 amide bonds. The number of phenolic OH excluding ortho intramolecular Hbond substituents is 1. The molecule has 41 heavy (non-hydrogen) atoms. The SMILES string of the molecule is CCC(=O)C(C)(C)N(C)Cc1cc(O)c2c(c1Cl)C[C@H]1C[C@H]3[C@H](N(C)C)C(=O)C(C(N)=O)=C(O)[C@@]3(O)C(=O)C1=C2O. The molecule has 0 radical (unpaired) electrons. The lowest BCUT2D eigenvalue weighted by atomic mass is 9.57. The Morgan fingerprint density at radius 2 is 1.78 bits per heavy atom. The molecule has 3 aliphatic carbocycles. The summed E-state index contributed by atoms with van der Waals surface area (Å²) in [5.74, 6) is -7.20. The number of aromatic hydroxyl groups is 1. The lowest BCUT2D eigenvalue weighted by molar-refractivity contribution is -0.153. The van der Waals surface area contributed by atoms with E-state index in [0.717, 1.165) is 0 Å². The number of carbonyl (C=O) groups is 4. The number of likely N-dealkylation sites (N-methyl/N-ethyl adjacent to an activating group) is 2. The van der Waals surface area contributed by atoms with E-state index in [1.54, 1.807) is 32.7 Å². The van der Waals surface area contributed by atoms with Gasteiger partial charge in [0.15, 0.2) is 17.2 Å². The Balaban J connectivity index is 1.86. The van der Waals surface area contributed by atoms with E-state index in [1.165, 1.54) is 25.1 Å². The Labute approximate surface area is 242 Å². The van der Waals surface area contributed by atoms with E-state index in [4.69, 9.17) is 17.3 Å². The molecule has 0 spiro atoms. The summed E-state index contributed by atoms with van der Waals surface area (Å²) in [4.78, 5) is 55.0. The summed E-state index contributed by atoms with van der Waals surface area (Å²) in [5, 5.41) is 45.2. The molecule has 0 aliphatic heterocycles. The van der Waals surface area contributed by atoms with Crippen LogP contribution in [0.1, 0.15) is 50.3 Å². The maximum atomic E-state index is 13.9. The van der Waals surface area contributed by atoms with Crippen LogP contribution in [0.25, 0.3) is 5.76 Å². The van der Waals surface area contributed by atoms with Crippen LogP contribution in [0.2, 0.25) is 5.02 Å². The van der Waals surface area contributed by atoms with Crippen molar-refractivity contribution in [1.82, 2.24) is 9.80 Å². The number of aliphatic hydroxyl groups is 3. The Hall–Kier alpha value is -3.25. The first-order valence-electron chi connectivity index (χ1n) is 13.3. The molecule has 4 rings (SSSR count). The number of benzene rings is 1. The zero-order valence-electron chi connectivity index (χ0n) is 23.9. The maximum Gasteiger partial charge on any atom is 0.255 e. The standard InChI is InChI=1S/C29H36ClN3O8/c1-7-17(35)28(2,3)33(6)11-13-10-16(34)19-14(21(13)30)8-12-9-15-22(32(4)5)24(37)20(27(31)40)26(39)29(15,41)25(38)18(12)23(19)36/h10,12,15,22,34,36,39,41H,7-9,11H2,1-6H3,(H2,31,40)/t12-,15-,22-,29-/m0/s1. The zero-order valence-corrected chi connectivity index (χ0v) is 24.7. The summed E-state index contributed by atoms with van der Waals surface area (Å²) < 4.78 is 0. The second-order valence-corrected chi connectivity index (χ2v) is 12.3. The van der Waals surface area contributed by atoms with Gasteiger partial charge in [0.25, 0.3) is 5.91 Å². The minimum absolute atomic E-state index is 0.0194. The first-order chi connectivity index (χ1) is 18.9. The van der Waals surface area contributed by atoms with Crippen molar-refractivity contribution in [3.05, 3.63) is 44.7 Å². The number of ketones is 3. The van der Waals surface area contributed by atoms with Gasteiger partial charge in [0.05, 0.1) is 17.1 Å². The van der Waals surface area contributed by atoms with Gasteiger partial charge >= 0.3 is 0 Å². The van der Waals surface area contributed by atoms with Crippen LogP contribution in [-0.2, 0) is 32.1 Å². The normalized spacial score (nSPS) is 26.3. The number of hydrogen-bond donors (Lipinski definition) is 5. The molecule has 6 N–H and O–H groups in total. The molecular weight excluding hydrogens is 554 g/mol. The summed E-state index contributed by atoms with van der Waals surface area (Å²) in [5.41, 5.74) is 1.51. The third-order valence-corrected chi connectivity index (χ3v) is 9.57. The highest BCUT2D eigenvalue weighted by Crippen LogP contribution is 2.53. The van der Waals surface area contributed by atoms with Crippen LogP contribution in [0.15, 0.2) is 23.0 Å². The van der Waals surface area contributed by atoms with E-state index in [2.05, 4.69) is 0 Å². The minimum Gasteiger partial charge on any atom is -0.508 e. The predicted octanol–water partition coefficient (Wildman–Crippen LogP) is 1.81. The number of nitrogens with zero attached hydrogens (tertiary/aromatic N) is 2. The van der Waals surface area contributed by atoms with Crippen molar-refractivity contribution in [3.8, 4) is 5.75 Å². The van der Waals surface area contributed by atoms with Gasteiger partial charge in [-0.15, -0.1) is 0 Å². The average molecular weight is 590 g/mol. The van der Waals surface area contributed by atoms with Gasteiger partial charge in [-0.25, -0.2) is 0 Å². The van der Waals surface area contributed by atoms with E-state index in [9.17, 15) is 39.6 Å². The van der Waals surface area contributed by atoms with E-state index in [-0.39, 0.29) is 47.1 Å². The number of primary amides is 1. The average Bonchev–Trinajstić information content (AvgIpc) is 2.87. The molecule has 12 heteroatoms. The number of halogens is 1. The van der Waals surface area contributed by atoms with Gasteiger partial charge < -0.3 is 26.2 Å². The van der Waals surface area contributed by atoms with Crippen LogP contribution >= 0.6 is 11.6 Å². The lowest BCUT2D eigenvalue weighted by Crippen LogP contribution is -2.65. The monoisotopic (exact) mass is 589 g/mol. The fourth-order valence-corrected chi connectivity index (χ4v) is 6.85.